The van der Waals surface area contributed by atoms with Crippen LogP contribution in [0.5, 0.6) is 11.6 Å². The number of aromatic nitrogens is 2. The molecule has 9 heteroatoms. The molecule has 0 radical (unpaired) electrons. The molecule has 1 aliphatic rings. The molecular weight excluding hydrogens is 470 g/mol. The summed E-state index contributed by atoms with van der Waals surface area (Å²) in [6.45, 7) is 7.11. The van der Waals surface area contributed by atoms with Gasteiger partial charge in [0.25, 0.3) is 11.5 Å². The van der Waals surface area contributed by atoms with Crippen LogP contribution in [0.15, 0.2) is 58.4 Å². The predicted molar refractivity (Wildman–Crippen MR) is 138 cm³/mol. The van der Waals surface area contributed by atoms with Crippen LogP contribution in [0.2, 0.25) is 0 Å². The summed E-state index contributed by atoms with van der Waals surface area (Å²) in [4.78, 5) is 32.7. The Hall–Kier alpha value is -3.01. The van der Waals surface area contributed by atoms with Crippen molar-refractivity contribution in [3.8, 4) is 11.6 Å². The highest BCUT2D eigenvalue weighted by Gasteiger charge is 2.32. The summed E-state index contributed by atoms with van der Waals surface area (Å²) in [6.07, 6.45) is 3.15. The molecule has 0 atom stereocenters. The summed E-state index contributed by atoms with van der Waals surface area (Å²) in [5.74, 6) is 0.398. The lowest BCUT2D eigenvalue weighted by molar-refractivity contribution is -0.122. The highest BCUT2D eigenvalue weighted by Crippen LogP contribution is 2.34. The summed E-state index contributed by atoms with van der Waals surface area (Å²) in [5, 5.41) is 0. The molecule has 176 valence electrons. The largest absolute Gasteiger partial charge is 0.438 e. The Kier molecular flexibility index (Phi) is 6.88. The minimum Gasteiger partial charge on any atom is -0.438 e. The number of hydrogen-bond donors (Lipinski definition) is 0. The van der Waals surface area contributed by atoms with Crippen molar-refractivity contribution < 1.29 is 14.3 Å². The van der Waals surface area contributed by atoms with Crippen molar-refractivity contribution in [3.63, 3.8) is 0 Å². The fourth-order valence-electron chi connectivity index (χ4n) is 3.42. The molecule has 3 heterocycles. The number of pyridine rings is 1. The molecule has 1 aromatic carbocycles. The molecule has 7 nitrogen and oxygen atoms in total. The van der Waals surface area contributed by atoms with Crippen molar-refractivity contribution in [2.45, 2.75) is 26.2 Å². The van der Waals surface area contributed by atoms with Crippen LogP contribution in [0.3, 0.4) is 0 Å². The zero-order valence-corrected chi connectivity index (χ0v) is 21.0. The Morgan fingerprint density at radius 2 is 1.85 bits per heavy atom. The first kappa shape index (κ1) is 24.1. The minimum atomic E-state index is -0.339. The molecule has 0 unspecified atom stereocenters. The number of thiocarbonyl (C=S) groups is 1. The smallest absolute Gasteiger partial charge is 0.269 e. The van der Waals surface area contributed by atoms with Crippen LogP contribution >= 0.6 is 24.0 Å². The Morgan fingerprint density at radius 3 is 2.53 bits per heavy atom. The first-order valence-electron chi connectivity index (χ1n) is 10.7. The number of carbonyl (C=O) groups excluding carboxylic acids is 1. The van der Waals surface area contributed by atoms with Gasteiger partial charge in [0, 0.05) is 13.3 Å². The average molecular weight is 496 g/mol. The third-order valence-electron chi connectivity index (χ3n) is 5.34. The van der Waals surface area contributed by atoms with Gasteiger partial charge in [-0.25, -0.2) is 0 Å². The monoisotopic (exact) mass is 495 g/mol. The lowest BCUT2D eigenvalue weighted by Gasteiger charge is -2.19. The number of ether oxygens (including phenoxy) is 2. The molecule has 0 spiro atoms. The van der Waals surface area contributed by atoms with Crippen LogP contribution < -0.4 is 10.3 Å². The number of nitrogens with zero attached hydrogens (tertiary/aromatic N) is 3. The van der Waals surface area contributed by atoms with Gasteiger partial charge >= 0.3 is 0 Å². The van der Waals surface area contributed by atoms with Gasteiger partial charge in [-0.05, 0) is 41.3 Å². The van der Waals surface area contributed by atoms with Gasteiger partial charge in [0.1, 0.15) is 21.3 Å². The van der Waals surface area contributed by atoms with E-state index < -0.39 is 0 Å². The zero-order valence-electron chi connectivity index (χ0n) is 19.4. The van der Waals surface area contributed by atoms with Gasteiger partial charge < -0.3 is 9.47 Å². The standard InChI is InChI=1S/C25H25N3O4S2/c1-25(2,3)16-8-10-17(11-9-16)32-21-18(22(29)27-12-6-5-7-20(27)26-21)15-19-23(30)28(13-14-31-4)24(33)34-19/h5-12,15H,13-14H2,1-4H3. The third kappa shape index (κ3) is 4.91. The summed E-state index contributed by atoms with van der Waals surface area (Å²) in [7, 11) is 1.56. The second kappa shape index (κ2) is 9.69. The maximum absolute atomic E-state index is 13.4. The van der Waals surface area contributed by atoms with E-state index in [9.17, 15) is 9.59 Å². The normalized spacial score (nSPS) is 15.5. The van der Waals surface area contributed by atoms with Crippen molar-refractivity contribution in [3.05, 3.63) is 75.0 Å². The quantitative estimate of drug-likeness (QED) is 0.365. The zero-order chi connectivity index (χ0) is 24.5. The van der Waals surface area contributed by atoms with Crippen molar-refractivity contribution in [1.82, 2.24) is 14.3 Å². The first-order chi connectivity index (χ1) is 16.2. The van der Waals surface area contributed by atoms with Crippen molar-refractivity contribution in [1.29, 1.82) is 0 Å². The maximum Gasteiger partial charge on any atom is 0.269 e. The number of benzene rings is 1. The molecule has 0 N–H and O–H groups in total. The van der Waals surface area contributed by atoms with Crippen LogP contribution in [0.4, 0.5) is 0 Å². The number of fused-ring (bicyclic) bond motifs is 1. The Bertz CT molecular complexity index is 1340. The van der Waals surface area contributed by atoms with Crippen molar-refractivity contribution in [2.24, 2.45) is 0 Å². The molecule has 34 heavy (non-hydrogen) atoms. The minimum absolute atomic E-state index is 0.00129. The number of amides is 1. The Balaban J connectivity index is 1.77. The summed E-state index contributed by atoms with van der Waals surface area (Å²) >= 11 is 6.50. The summed E-state index contributed by atoms with van der Waals surface area (Å²) in [5.41, 5.74) is 1.44. The maximum atomic E-state index is 13.4. The Labute approximate surface area is 207 Å². The molecule has 1 saturated heterocycles. The van der Waals surface area contributed by atoms with E-state index in [2.05, 4.69) is 25.8 Å². The van der Waals surface area contributed by atoms with Gasteiger partial charge in [-0.2, -0.15) is 4.98 Å². The third-order valence-corrected chi connectivity index (χ3v) is 6.71. The number of carbonyl (C=O) groups is 1. The Morgan fingerprint density at radius 1 is 1.12 bits per heavy atom. The summed E-state index contributed by atoms with van der Waals surface area (Å²) < 4.78 is 13.0. The lowest BCUT2D eigenvalue weighted by Crippen LogP contribution is -2.31. The van der Waals surface area contributed by atoms with Crippen LogP contribution in [0.1, 0.15) is 31.9 Å². The van der Waals surface area contributed by atoms with E-state index >= 15 is 0 Å². The second-order valence-electron chi connectivity index (χ2n) is 8.77. The highest BCUT2D eigenvalue weighted by molar-refractivity contribution is 8.26. The fraction of sp³-hybridized carbons (Fsp3) is 0.280. The van der Waals surface area contributed by atoms with Crippen molar-refractivity contribution in [2.75, 3.05) is 20.3 Å². The van der Waals surface area contributed by atoms with Gasteiger partial charge in [0.2, 0.25) is 5.88 Å². The average Bonchev–Trinajstić information content (AvgIpc) is 3.07. The second-order valence-corrected chi connectivity index (χ2v) is 10.4. The van der Waals surface area contributed by atoms with Crippen LogP contribution in [-0.4, -0.2) is 44.8 Å². The number of thioether (sulfide) groups is 1. The van der Waals surface area contributed by atoms with E-state index in [-0.39, 0.29) is 28.3 Å². The molecule has 0 aliphatic carbocycles. The van der Waals surface area contributed by atoms with Gasteiger partial charge in [-0.15, -0.1) is 0 Å². The molecule has 0 bridgehead atoms. The van der Waals surface area contributed by atoms with E-state index in [0.29, 0.717) is 33.8 Å². The number of methoxy groups -OCH3 is 1. The summed E-state index contributed by atoms with van der Waals surface area (Å²) in [6, 6.07) is 12.9. The molecule has 1 aliphatic heterocycles. The van der Waals surface area contributed by atoms with E-state index in [0.717, 1.165) is 17.3 Å². The molecule has 2 aromatic heterocycles. The van der Waals surface area contributed by atoms with E-state index in [4.69, 9.17) is 21.7 Å². The topological polar surface area (TPSA) is 73.1 Å². The van der Waals surface area contributed by atoms with Crippen LogP contribution in [0, 0.1) is 0 Å². The number of rotatable bonds is 6. The molecule has 3 aromatic rings. The van der Waals surface area contributed by atoms with Crippen LogP contribution in [-0.2, 0) is 14.9 Å². The first-order valence-corrected chi connectivity index (χ1v) is 12.0. The van der Waals surface area contributed by atoms with Crippen LogP contribution in [0.25, 0.3) is 11.7 Å². The van der Waals surface area contributed by atoms with E-state index in [1.165, 1.54) is 15.4 Å². The van der Waals surface area contributed by atoms with Gasteiger partial charge in [-0.1, -0.05) is 63.0 Å². The van der Waals surface area contributed by atoms with Gasteiger partial charge in [-0.3, -0.25) is 18.9 Å². The van der Waals surface area contributed by atoms with Gasteiger partial charge in [0.05, 0.1) is 18.1 Å². The lowest BCUT2D eigenvalue weighted by atomic mass is 9.87. The fourth-order valence-corrected chi connectivity index (χ4v) is 4.72. The van der Waals surface area contributed by atoms with Crippen molar-refractivity contribution >= 4 is 45.9 Å². The molecule has 0 saturated carbocycles. The SMILES string of the molecule is COCCN1C(=O)C(=Cc2c(Oc3ccc(C(C)(C)C)cc3)nc3ccccn3c2=O)SC1=S. The number of hydrogen-bond acceptors (Lipinski definition) is 7. The molecule has 4 rings (SSSR count). The van der Waals surface area contributed by atoms with E-state index in [1.807, 2.05) is 24.3 Å². The predicted octanol–water partition coefficient (Wildman–Crippen LogP) is 4.63. The van der Waals surface area contributed by atoms with Gasteiger partial charge in [0.15, 0.2) is 0 Å². The molecule has 1 fully saturated rings. The van der Waals surface area contributed by atoms with E-state index in [1.54, 1.807) is 31.5 Å². The molecule has 1 amide bonds. The molecular formula is C25H25N3O4S2. The highest BCUT2D eigenvalue weighted by atomic mass is 32.2.